The van der Waals surface area contributed by atoms with E-state index in [1.54, 1.807) is 12.1 Å². The summed E-state index contributed by atoms with van der Waals surface area (Å²) in [4.78, 5) is 2.17. The van der Waals surface area contributed by atoms with Gasteiger partial charge in [0.1, 0.15) is 5.82 Å². The number of rotatable bonds is 6. The summed E-state index contributed by atoms with van der Waals surface area (Å²) in [5, 5.41) is 3.49. The average Bonchev–Trinajstić information content (AvgIpc) is 2.28. The van der Waals surface area contributed by atoms with Gasteiger partial charge in [0.25, 0.3) is 0 Å². The van der Waals surface area contributed by atoms with E-state index in [2.05, 4.69) is 54.1 Å². The molecule has 0 saturated heterocycles. The molecule has 0 amide bonds. The van der Waals surface area contributed by atoms with Gasteiger partial charge in [-0.05, 0) is 53.6 Å². The molecule has 4 heteroatoms. The van der Waals surface area contributed by atoms with Crippen LogP contribution in [-0.4, -0.2) is 31.6 Å². The predicted octanol–water partition coefficient (Wildman–Crippen LogP) is 3.26. The first-order valence-corrected chi connectivity index (χ1v) is 7.01. The van der Waals surface area contributed by atoms with E-state index in [0.717, 1.165) is 12.1 Å². The van der Waals surface area contributed by atoms with Crippen molar-refractivity contribution in [2.75, 3.05) is 20.6 Å². The maximum absolute atomic E-state index is 13.4. The summed E-state index contributed by atoms with van der Waals surface area (Å²) < 4.78 is 13.9. The second-order valence-corrected chi connectivity index (χ2v) is 6.10. The maximum atomic E-state index is 13.4. The fraction of sp³-hybridized carbons (Fsp3) is 0.571. The molecule has 0 radical (unpaired) electrons. The van der Waals surface area contributed by atoms with Gasteiger partial charge in [0.2, 0.25) is 0 Å². The van der Waals surface area contributed by atoms with Crippen molar-refractivity contribution >= 4 is 15.9 Å². The first-order valence-electron chi connectivity index (χ1n) is 6.22. The van der Waals surface area contributed by atoms with Gasteiger partial charge in [0.05, 0.1) is 4.47 Å². The molecule has 2 nitrogen and oxygen atoms in total. The van der Waals surface area contributed by atoms with Crippen molar-refractivity contribution in [3.05, 3.63) is 34.1 Å². The number of likely N-dealkylation sites (N-methyl/N-ethyl adjacent to an activating group) is 1. The van der Waals surface area contributed by atoms with Gasteiger partial charge in [-0.1, -0.05) is 19.9 Å². The zero-order chi connectivity index (χ0) is 13.7. The molecule has 0 aliphatic heterocycles. The van der Waals surface area contributed by atoms with E-state index in [4.69, 9.17) is 0 Å². The standard InChI is InChI=1S/C14H22BrFN2/c1-10(2)14(9-18(3)4)17-8-11-5-6-12(15)13(16)7-11/h5-7,10,14,17H,8-9H2,1-4H3. The highest BCUT2D eigenvalue weighted by Gasteiger charge is 2.13. The zero-order valence-corrected chi connectivity index (χ0v) is 13.1. The first kappa shape index (κ1) is 15.6. The molecule has 0 bridgehead atoms. The summed E-state index contributed by atoms with van der Waals surface area (Å²) in [5.74, 6) is 0.343. The van der Waals surface area contributed by atoms with E-state index in [1.807, 2.05) is 6.07 Å². The Hall–Kier alpha value is -0.450. The molecule has 0 saturated carbocycles. The summed E-state index contributed by atoms with van der Waals surface area (Å²) >= 11 is 3.16. The van der Waals surface area contributed by atoms with Crippen LogP contribution in [0, 0.1) is 11.7 Å². The fourth-order valence-electron chi connectivity index (χ4n) is 1.80. The summed E-state index contributed by atoms with van der Waals surface area (Å²) in [5.41, 5.74) is 0.972. The lowest BCUT2D eigenvalue weighted by Gasteiger charge is -2.25. The quantitative estimate of drug-likeness (QED) is 0.866. The van der Waals surface area contributed by atoms with E-state index in [9.17, 15) is 4.39 Å². The lowest BCUT2D eigenvalue weighted by molar-refractivity contribution is 0.288. The number of halogens is 2. The van der Waals surface area contributed by atoms with Gasteiger partial charge >= 0.3 is 0 Å². The lowest BCUT2D eigenvalue weighted by atomic mass is 10.0. The molecule has 0 aliphatic rings. The smallest absolute Gasteiger partial charge is 0.137 e. The van der Waals surface area contributed by atoms with Gasteiger partial charge in [-0.15, -0.1) is 0 Å². The molecule has 102 valence electrons. The van der Waals surface area contributed by atoms with Gasteiger partial charge in [0.15, 0.2) is 0 Å². The Morgan fingerprint density at radius 2 is 2.00 bits per heavy atom. The highest BCUT2D eigenvalue weighted by atomic mass is 79.9. The van der Waals surface area contributed by atoms with E-state index >= 15 is 0 Å². The van der Waals surface area contributed by atoms with E-state index in [0.29, 0.717) is 23.0 Å². The highest BCUT2D eigenvalue weighted by molar-refractivity contribution is 9.10. The minimum absolute atomic E-state index is 0.206. The summed E-state index contributed by atoms with van der Waals surface area (Å²) in [6.45, 7) is 6.07. The molecule has 1 rings (SSSR count). The van der Waals surface area contributed by atoms with Crippen LogP contribution in [0.25, 0.3) is 0 Å². The molecule has 1 atom stereocenters. The average molecular weight is 317 g/mol. The van der Waals surface area contributed by atoms with Crippen LogP contribution in [0.3, 0.4) is 0 Å². The first-order chi connectivity index (χ1) is 8.40. The molecular formula is C14H22BrFN2. The molecule has 0 fully saturated rings. The minimum atomic E-state index is -0.206. The molecule has 1 aromatic rings. The van der Waals surface area contributed by atoms with E-state index < -0.39 is 0 Å². The Kier molecular flexibility index (Phi) is 6.26. The Balaban J connectivity index is 2.58. The molecular weight excluding hydrogens is 295 g/mol. The summed E-state index contributed by atoms with van der Waals surface area (Å²) in [6, 6.07) is 5.67. The van der Waals surface area contributed by atoms with Crippen LogP contribution in [0.15, 0.2) is 22.7 Å². The van der Waals surface area contributed by atoms with Crippen LogP contribution in [0.1, 0.15) is 19.4 Å². The normalized spacial score (nSPS) is 13.3. The second kappa shape index (κ2) is 7.22. The van der Waals surface area contributed by atoms with Crippen molar-refractivity contribution < 1.29 is 4.39 Å². The Labute approximate surface area is 118 Å². The van der Waals surface area contributed by atoms with Gasteiger partial charge in [-0.3, -0.25) is 0 Å². The summed E-state index contributed by atoms with van der Waals surface area (Å²) in [7, 11) is 4.13. The minimum Gasteiger partial charge on any atom is -0.308 e. The van der Waals surface area contributed by atoms with Gasteiger partial charge in [-0.25, -0.2) is 4.39 Å². The number of benzene rings is 1. The van der Waals surface area contributed by atoms with Crippen LogP contribution in [0.4, 0.5) is 4.39 Å². The van der Waals surface area contributed by atoms with Crippen molar-refractivity contribution in [1.29, 1.82) is 0 Å². The van der Waals surface area contributed by atoms with Crippen LogP contribution in [-0.2, 0) is 6.54 Å². The lowest BCUT2D eigenvalue weighted by Crippen LogP contribution is -2.41. The molecule has 0 heterocycles. The largest absolute Gasteiger partial charge is 0.308 e. The molecule has 0 aliphatic carbocycles. The van der Waals surface area contributed by atoms with Crippen molar-refractivity contribution in [3.63, 3.8) is 0 Å². The van der Waals surface area contributed by atoms with Gasteiger partial charge in [0, 0.05) is 19.1 Å². The molecule has 1 aromatic carbocycles. The van der Waals surface area contributed by atoms with Crippen molar-refractivity contribution in [2.45, 2.75) is 26.4 Å². The van der Waals surface area contributed by atoms with Crippen LogP contribution in [0.5, 0.6) is 0 Å². The summed E-state index contributed by atoms with van der Waals surface area (Å²) in [6.07, 6.45) is 0. The number of hydrogen-bond donors (Lipinski definition) is 1. The van der Waals surface area contributed by atoms with Crippen molar-refractivity contribution in [2.24, 2.45) is 5.92 Å². The number of hydrogen-bond acceptors (Lipinski definition) is 2. The molecule has 0 aromatic heterocycles. The zero-order valence-electron chi connectivity index (χ0n) is 11.5. The maximum Gasteiger partial charge on any atom is 0.137 e. The third-order valence-corrected chi connectivity index (χ3v) is 3.56. The Bertz CT molecular complexity index is 380. The molecule has 0 spiro atoms. The third-order valence-electron chi connectivity index (χ3n) is 2.92. The van der Waals surface area contributed by atoms with Crippen LogP contribution in [0.2, 0.25) is 0 Å². The second-order valence-electron chi connectivity index (χ2n) is 5.24. The SMILES string of the molecule is CC(C)C(CN(C)C)NCc1ccc(Br)c(F)c1. The van der Waals surface area contributed by atoms with E-state index in [-0.39, 0.29) is 5.82 Å². The van der Waals surface area contributed by atoms with E-state index in [1.165, 1.54) is 0 Å². The van der Waals surface area contributed by atoms with Crippen molar-refractivity contribution in [3.8, 4) is 0 Å². The topological polar surface area (TPSA) is 15.3 Å². The van der Waals surface area contributed by atoms with Gasteiger partial charge in [-0.2, -0.15) is 0 Å². The monoisotopic (exact) mass is 316 g/mol. The Morgan fingerprint density at radius 1 is 1.33 bits per heavy atom. The van der Waals surface area contributed by atoms with Crippen molar-refractivity contribution in [1.82, 2.24) is 10.2 Å². The van der Waals surface area contributed by atoms with Crippen LogP contribution >= 0.6 is 15.9 Å². The fourth-order valence-corrected chi connectivity index (χ4v) is 2.05. The van der Waals surface area contributed by atoms with Crippen LogP contribution < -0.4 is 5.32 Å². The number of nitrogens with one attached hydrogen (secondary N) is 1. The molecule has 1 N–H and O–H groups in total. The number of nitrogens with zero attached hydrogens (tertiary/aromatic N) is 1. The van der Waals surface area contributed by atoms with Gasteiger partial charge < -0.3 is 10.2 Å². The molecule has 1 unspecified atom stereocenters. The third kappa shape index (κ3) is 5.04. The molecule has 18 heavy (non-hydrogen) atoms. The predicted molar refractivity (Wildman–Crippen MR) is 78.1 cm³/mol. The Morgan fingerprint density at radius 3 is 2.50 bits per heavy atom. The highest BCUT2D eigenvalue weighted by Crippen LogP contribution is 2.16.